The fourth-order valence-corrected chi connectivity index (χ4v) is 4.06. The van der Waals surface area contributed by atoms with Gasteiger partial charge >= 0.3 is 6.09 Å². The molecule has 1 aromatic heterocycles. The summed E-state index contributed by atoms with van der Waals surface area (Å²) in [5.41, 5.74) is 0.359. The summed E-state index contributed by atoms with van der Waals surface area (Å²) in [5, 5.41) is 13.7. The lowest BCUT2D eigenvalue weighted by molar-refractivity contribution is -0.138. The zero-order chi connectivity index (χ0) is 25.4. The third-order valence-electron chi connectivity index (χ3n) is 5.82. The normalized spacial score (nSPS) is 21.8. The van der Waals surface area contributed by atoms with Crippen LogP contribution in [0.4, 0.5) is 13.6 Å². The van der Waals surface area contributed by atoms with E-state index in [2.05, 4.69) is 10.3 Å². The summed E-state index contributed by atoms with van der Waals surface area (Å²) in [6.45, 7) is 5.45. The van der Waals surface area contributed by atoms with Crippen molar-refractivity contribution in [3.63, 3.8) is 0 Å². The van der Waals surface area contributed by atoms with Gasteiger partial charge in [0.25, 0.3) is 5.92 Å². The Balaban J connectivity index is 1.41. The SMILES string of the molecule is CC(C)(C)OC(=O)NCc1cc2cc(C3C=CC(C(=O)N4CCC(F)(F)CC4)C=N3)cc(O)c2o1. The number of nitrogens with one attached hydrogen (secondary N) is 1. The molecule has 0 aliphatic carbocycles. The summed E-state index contributed by atoms with van der Waals surface area (Å²) in [7, 11) is 0. The number of ether oxygens (including phenoxy) is 1. The number of amides is 2. The molecule has 35 heavy (non-hydrogen) atoms. The summed E-state index contributed by atoms with van der Waals surface area (Å²) in [6, 6.07) is 4.65. The van der Waals surface area contributed by atoms with Gasteiger partial charge in [-0.15, -0.1) is 0 Å². The topological polar surface area (TPSA) is 104 Å². The Labute approximate surface area is 201 Å². The number of aliphatic imine (C=N–C) groups is 1. The zero-order valence-corrected chi connectivity index (χ0v) is 19.9. The Morgan fingerprint density at radius 3 is 2.57 bits per heavy atom. The van der Waals surface area contributed by atoms with E-state index in [1.54, 1.807) is 39.0 Å². The van der Waals surface area contributed by atoms with Crippen molar-refractivity contribution in [1.29, 1.82) is 0 Å². The van der Waals surface area contributed by atoms with E-state index in [0.29, 0.717) is 16.7 Å². The first-order chi connectivity index (χ1) is 16.4. The van der Waals surface area contributed by atoms with E-state index in [9.17, 15) is 23.5 Å². The number of carbonyl (C=O) groups is 2. The van der Waals surface area contributed by atoms with Crippen LogP contribution >= 0.6 is 0 Å². The van der Waals surface area contributed by atoms with Crippen molar-refractivity contribution >= 4 is 29.2 Å². The summed E-state index contributed by atoms with van der Waals surface area (Å²) in [4.78, 5) is 30.4. The minimum absolute atomic E-state index is 0.0313. The number of dihydropyridines is 1. The maximum atomic E-state index is 13.4. The predicted octanol–water partition coefficient (Wildman–Crippen LogP) is 4.72. The first-order valence-electron chi connectivity index (χ1n) is 11.5. The fourth-order valence-electron chi connectivity index (χ4n) is 4.06. The number of carbonyl (C=O) groups excluding carboxylic acids is 2. The van der Waals surface area contributed by atoms with E-state index >= 15 is 0 Å². The Morgan fingerprint density at radius 1 is 1.23 bits per heavy atom. The number of benzene rings is 1. The highest BCUT2D eigenvalue weighted by Gasteiger charge is 2.37. The monoisotopic (exact) mass is 489 g/mol. The summed E-state index contributed by atoms with van der Waals surface area (Å²) in [5.74, 6) is -3.18. The highest BCUT2D eigenvalue weighted by Crippen LogP contribution is 2.35. The Bertz CT molecular complexity index is 1160. The van der Waals surface area contributed by atoms with E-state index in [1.165, 1.54) is 17.2 Å². The molecule has 1 fully saturated rings. The van der Waals surface area contributed by atoms with Crippen molar-refractivity contribution in [2.24, 2.45) is 10.9 Å². The second-order valence-corrected chi connectivity index (χ2v) is 9.86. The molecule has 2 amide bonds. The number of hydrogen-bond donors (Lipinski definition) is 2. The molecule has 0 saturated carbocycles. The summed E-state index contributed by atoms with van der Waals surface area (Å²) < 4.78 is 37.6. The van der Waals surface area contributed by atoms with Gasteiger partial charge in [0, 0.05) is 37.5 Å². The summed E-state index contributed by atoms with van der Waals surface area (Å²) >= 11 is 0. The smallest absolute Gasteiger partial charge is 0.408 e. The average Bonchev–Trinajstić information content (AvgIpc) is 3.20. The maximum absolute atomic E-state index is 13.4. The lowest BCUT2D eigenvalue weighted by Gasteiger charge is -2.33. The number of nitrogens with zero attached hydrogens (tertiary/aromatic N) is 2. The first-order valence-corrected chi connectivity index (χ1v) is 11.5. The molecule has 1 saturated heterocycles. The largest absolute Gasteiger partial charge is 0.504 e. The van der Waals surface area contributed by atoms with E-state index in [0.717, 1.165) is 0 Å². The van der Waals surface area contributed by atoms with Crippen LogP contribution in [-0.4, -0.2) is 52.8 Å². The number of rotatable bonds is 4. The van der Waals surface area contributed by atoms with Crippen LogP contribution in [0.2, 0.25) is 0 Å². The van der Waals surface area contributed by atoms with Crippen LogP contribution < -0.4 is 5.32 Å². The summed E-state index contributed by atoms with van der Waals surface area (Å²) in [6.07, 6.45) is 3.76. The molecule has 0 radical (unpaired) electrons. The molecule has 2 unspecified atom stereocenters. The molecule has 10 heteroatoms. The van der Waals surface area contributed by atoms with Crippen molar-refractivity contribution in [3.8, 4) is 5.75 Å². The quantitative estimate of drug-likeness (QED) is 0.605. The van der Waals surface area contributed by atoms with Gasteiger partial charge in [0.2, 0.25) is 5.91 Å². The highest BCUT2D eigenvalue weighted by atomic mass is 19.3. The number of fused-ring (bicyclic) bond motifs is 1. The molecule has 188 valence electrons. The standard InChI is InChI=1S/C25H29F2N3O5/c1-24(2,3)35-23(33)29-14-18-11-17-10-16(12-20(31)21(17)34-18)19-5-4-15(13-28-19)22(32)30-8-6-25(26,27)7-9-30/h4-5,10-13,15,19,31H,6-9,14H2,1-3H3,(H,29,33). The van der Waals surface area contributed by atoms with Crippen LogP contribution in [0.5, 0.6) is 5.75 Å². The second-order valence-electron chi connectivity index (χ2n) is 9.86. The molecule has 2 aliphatic rings. The third kappa shape index (κ3) is 5.98. The van der Waals surface area contributed by atoms with Crippen LogP contribution in [-0.2, 0) is 16.1 Å². The van der Waals surface area contributed by atoms with Gasteiger partial charge in [-0.2, -0.15) is 0 Å². The van der Waals surface area contributed by atoms with Gasteiger partial charge in [-0.1, -0.05) is 12.2 Å². The predicted molar refractivity (Wildman–Crippen MR) is 126 cm³/mol. The lowest BCUT2D eigenvalue weighted by atomic mass is 9.97. The minimum Gasteiger partial charge on any atom is -0.504 e. The van der Waals surface area contributed by atoms with Crippen molar-refractivity contribution in [3.05, 3.63) is 41.7 Å². The fraction of sp³-hybridized carbons (Fsp3) is 0.480. The number of aromatic hydroxyl groups is 1. The van der Waals surface area contributed by atoms with Crippen LogP contribution in [0.3, 0.4) is 0 Å². The van der Waals surface area contributed by atoms with Gasteiger partial charge in [-0.05, 0) is 44.5 Å². The molecule has 0 bridgehead atoms. The van der Waals surface area contributed by atoms with Crippen LogP contribution in [0, 0.1) is 5.92 Å². The van der Waals surface area contributed by atoms with Gasteiger partial charge < -0.3 is 24.5 Å². The van der Waals surface area contributed by atoms with E-state index in [4.69, 9.17) is 9.15 Å². The number of phenolic OH excluding ortho intramolecular Hbond substituents is 1. The number of furan rings is 1. The lowest BCUT2D eigenvalue weighted by Crippen LogP contribution is -2.45. The first kappa shape index (κ1) is 24.7. The van der Waals surface area contributed by atoms with Crippen LogP contribution in [0.25, 0.3) is 11.0 Å². The van der Waals surface area contributed by atoms with Gasteiger partial charge in [0.1, 0.15) is 11.4 Å². The number of hydrogen-bond acceptors (Lipinski definition) is 6. The van der Waals surface area contributed by atoms with Crippen molar-refractivity contribution < 1.29 is 32.6 Å². The molecule has 3 heterocycles. The van der Waals surface area contributed by atoms with E-state index < -0.39 is 29.6 Å². The van der Waals surface area contributed by atoms with E-state index in [1.807, 2.05) is 6.07 Å². The molecule has 0 spiro atoms. The Morgan fingerprint density at radius 2 is 1.94 bits per heavy atom. The Kier molecular flexibility index (Phi) is 6.57. The van der Waals surface area contributed by atoms with Crippen molar-refractivity contribution in [2.45, 2.75) is 57.7 Å². The molecule has 1 aromatic carbocycles. The Hall–Kier alpha value is -3.43. The van der Waals surface area contributed by atoms with Crippen LogP contribution in [0.1, 0.15) is 51.0 Å². The number of alkyl halides is 2. The number of likely N-dealkylation sites (tertiary alicyclic amines) is 1. The molecule has 2 aromatic rings. The van der Waals surface area contributed by atoms with Gasteiger partial charge in [0.15, 0.2) is 11.3 Å². The van der Waals surface area contributed by atoms with Gasteiger partial charge in [-0.3, -0.25) is 9.79 Å². The second kappa shape index (κ2) is 9.31. The zero-order valence-electron chi connectivity index (χ0n) is 19.9. The minimum atomic E-state index is -2.71. The van der Waals surface area contributed by atoms with E-state index in [-0.39, 0.29) is 49.7 Å². The molecular weight excluding hydrogens is 460 g/mol. The van der Waals surface area contributed by atoms with Crippen LogP contribution in [0.15, 0.2) is 39.8 Å². The number of alkyl carbamates (subject to hydrolysis) is 1. The molecule has 8 nitrogen and oxygen atoms in total. The third-order valence-corrected chi connectivity index (χ3v) is 5.82. The van der Waals surface area contributed by atoms with Gasteiger partial charge in [-0.25, -0.2) is 13.6 Å². The molecule has 2 atom stereocenters. The average molecular weight is 490 g/mol. The number of halogens is 2. The molecule has 2 aliphatic heterocycles. The molecular formula is C25H29F2N3O5. The van der Waals surface area contributed by atoms with Gasteiger partial charge in [0.05, 0.1) is 18.5 Å². The number of piperidine rings is 1. The highest BCUT2D eigenvalue weighted by molar-refractivity contribution is 5.96. The number of phenols is 1. The van der Waals surface area contributed by atoms with Crippen molar-refractivity contribution in [2.75, 3.05) is 13.1 Å². The maximum Gasteiger partial charge on any atom is 0.408 e. The van der Waals surface area contributed by atoms with Crippen molar-refractivity contribution in [1.82, 2.24) is 10.2 Å². The molecule has 2 N–H and O–H groups in total. The molecule has 4 rings (SSSR count).